The topological polar surface area (TPSA) is 42.4 Å². The van der Waals surface area contributed by atoms with Crippen molar-refractivity contribution in [3.63, 3.8) is 0 Å². The second-order valence-corrected chi connectivity index (χ2v) is 8.65. The molecule has 4 nitrogen and oxygen atoms in total. The van der Waals surface area contributed by atoms with E-state index in [2.05, 4.69) is 40.2 Å². The van der Waals surface area contributed by atoms with Crippen LogP contribution in [0.25, 0.3) is 0 Å². The molecule has 4 heteroatoms. The number of pyridine rings is 1. The van der Waals surface area contributed by atoms with Crippen molar-refractivity contribution in [2.45, 2.75) is 62.4 Å². The molecule has 2 aliphatic carbocycles. The molecule has 1 unspecified atom stereocenters. The molecule has 1 aliphatic heterocycles. The van der Waals surface area contributed by atoms with Gasteiger partial charge in [-0.3, -0.25) is 9.78 Å². The highest BCUT2D eigenvalue weighted by molar-refractivity contribution is 5.91. The molecule has 0 spiro atoms. The number of likely N-dealkylation sites (tertiary alicyclic amines) is 1. The van der Waals surface area contributed by atoms with Crippen LogP contribution in [0.4, 0.5) is 0 Å². The zero-order valence-electron chi connectivity index (χ0n) is 16.3. The number of carbonyl (C=O) groups is 1. The summed E-state index contributed by atoms with van der Waals surface area (Å²) in [4.78, 5) is 19.7. The summed E-state index contributed by atoms with van der Waals surface area (Å²) in [5.74, 6) is 1.66. The van der Waals surface area contributed by atoms with Crippen molar-refractivity contribution in [3.05, 3.63) is 59.9 Å². The first-order valence-electron chi connectivity index (χ1n) is 10.7. The van der Waals surface area contributed by atoms with Gasteiger partial charge in [0, 0.05) is 31.4 Å². The fraction of sp³-hybridized carbons (Fsp3) is 0.500. The van der Waals surface area contributed by atoms with Gasteiger partial charge in [-0.2, -0.15) is 0 Å². The van der Waals surface area contributed by atoms with Crippen LogP contribution in [0.3, 0.4) is 0 Å². The largest absolute Gasteiger partial charge is 0.490 e. The summed E-state index contributed by atoms with van der Waals surface area (Å²) < 4.78 is 6.09. The Labute approximate surface area is 166 Å². The van der Waals surface area contributed by atoms with Gasteiger partial charge < -0.3 is 9.64 Å². The number of carbonyl (C=O) groups excluding carboxylic acids is 1. The van der Waals surface area contributed by atoms with Crippen LogP contribution in [0.5, 0.6) is 5.75 Å². The Hall–Kier alpha value is -2.36. The highest BCUT2D eigenvalue weighted by Crippen LogP contribution is 2.50. The van der Waals surface area contributed by atoms with Crippen LogP contribution in [-0.4, -0.2) is 35.0 Å². The molecule has 0 N–H and O–H groups in total. The van der Waals surface area contributed by atoms with E-state index in [1.807, 2.05) is 12.3 Å². The molecule has 146 valence electrons. The molecule has 1 aromatic carbocycles. The number of hydrogen-bond donors (Lipinski definition) is 0. The van der Waals surface area contributed by atoms with Gasteiger partial charge in [0.1, 0.15) is 5.75 Å². The van der Waals surface area contributed by atoms with Crippen LogP contribution in [-0.2, 0) is 10.2 Å². The maximum atomic E-state index is 13.3. The van der Waals surface area contributed by atoms with Gasteiger partial charge >= 0.3 is 0 Å². The van der Waals surface area contributed by atoms with Crippen LogP contribution in [0.15, 0.2) is 48.8 Å². The van der Waals surface area contributed by atoms with Gasteiger partial charge in [-0.15, -0.1) is 0 Å². The molecule has 0 radical (unpaired) electrons. The van der Waals surface area contributed by atoms with Crippen LogP contribution in [0.2, 0.25) is 0 Å². The van der Waals surface area contributed by atoms with Crippen molar-refractivity contribution in [3.8, 4) is 5.75 Å². The molecule has 3 fully saturated rings. The first-order chi connectivity index (χ1) is 13.7. The Bertz CT molecular complexity index is 823. The summed E-state index contributed by atoms with van der Waals surface area (Å²) in [6, 6.07) is 12.5. The van der Waals surface area contributed by atoms with Gasteiger partial charge in [0.05, 0.1) is 11.5 Å². The van der Waals surface area contributed by atoms with Crippen molar-refractivity contribution in [1.82, 2.24) is 9.88 Å². The van der Waals surface area contributed by atoms with E-state index in [1.54, 1.807) is 6.20 Å². The lowest BCUT2D eigenvalue weighted by atomic mass is 9.94. The fourth-order valence-electron chi connectivity index (χ4n) is 4.94. The molecule has 2 aromatic rings. The van der Waals surface area contributed by atoms with E-state index in [0.29, 0.717) is 17.9 Å². The molecule has 2 saturated carbocycles. The molecule has 28 heavy (non-hydrogen) atoms. The minimum absolute atomic E-state index is 0.296. The smallest absolute Gasteiger partial charge is 0.233 e. The fourth-order valence-corrected chi connectivity index (χ4v) is 4.94. The number of aromatic nitrogens is 1. The predicted molar refractivity (Wildman–Crippen MR) is 108 cm³/mol. The minimum Gasteiger partial charge on any atom is -0.490 e. The highest BCUT2D eigenvalue weighted by atomic mass is 16.5. The number of rotatable bonds is 5. The minimum atomic E-state index is -0.296. The number of nitrogens with zero attached hydrogens (tertiary/aromatic N) is 2. The Morgan fingerprint density at radius 1 is 1.07 bits per heavy atom. The summed E-state index contributed by atoms with van der Waals surface area (Å²) in [5.41, 5.74) is 2.10. The third-order valence-electron chi connectivity index (χ3n) is 6.80. The van der Waals surface area contributed by atoms with Crippen molar-refractivity contribution in [2.75, 3.05) is 13.1 Å². The molecular weight excluding hydrogens is 348 g/mol. The molecule has 3 aliphatic rings. The number of amides is 1. The molecule has 1 amide bonds. The zero-order valence-corrected chi connectivity index (χ0v) is 16.3. The summed E-state index contributed by atoms with van der Waals surface area (Å²) in [5, 5.41) is 0. The summed E-state index contributed by atoms with van der Waals surface area (Å²) in [6.07, 6.45) is 11.9. The van der Waals surface area contributed by atoms with Gasteiger partial charge in [0.2, 0.25) is 5.91 Å². The molecule has 5 rings (SSSR count). The normalized spacial score (nSPS) is 23.7. The van der Waals surface area contributed by atoms with Crippen molar-refractivity contribution in [2.24, 2.45) is 0 Å². The first kappa shape index (κ1) is 17.7. The first-order valence-corrected chi connectivity index (χ1v) is 10.7. The van der Waals surface area contributed by atoms with E-state index in [0.717, 1.165) is 56.5 Å². The lowest BCUT2D eigenvalue weighted by Gasteiger charge is -2.24. The maximum Gasteiger partial charge on any atom is 0.233 e. The summed E-state index contributed by atoms with van der Waals surface area (Å²) >= 11 is 0. The lowest BCUT2D eigenvalue weighted by molar-refractivity contribution is -0.132. The summed E-state index contributed by atoms with van der Waals surface area (Å²) in [6.45, 7) is 1.66. The van der Waals surface area contributed by atoms with Crippen LogP contribution in [0.1, 0.15) is 62.0 Å². The van der Waals surface area contributed by atoms with Gasteiger partial charge in [-0.05, 0) is 74.3 Å². The standard InChI is InChI=1S/C24H28N2O2/c27-23(26-15-11-19(17-26)18-4-3-14-25-16-18)24(12-13-24)20-7-9-22(10-8-20)28-21-5-1-2-6-21/h3-4,7-10,14,16,19,21H,1-2,5-6,11-13,15,17H2. The van der Waals surface area contributed by atoms with Crippen molar-refractivity contribution >= 4 is 5.91 Å². The van der Waals surface area contributed by atoms with Crippen molar-refractivity contribution in [1.29, 1.82) is 0 Å². The van der Waals surface area contributed by atoms with Gasteiger partial charge in [-0.1, -0.05) is 18.2 Å². The number of ether oxygens (including phenoxy) is 1. The third kappa shape index (κ3) is 3.30. The molecule has 1 aromatic heterocycles. The van der Waals surface area contributed by atoms with Gasteiger partial charge in [0.25, 0.3) is 0 Å². The second-order valence-electron chi connectivity index (χ2n) is 8.65. The molecule has 0 bridgehead atoms. The van der Waals surface area contributed by atoms with Gasteiger partial charge in [-0.25, -0.2) is 0 Å². The van der Waals surface area contributed by atoms with E-state index in [-0.39, 0.29) is 5.41 Å². The highest BCUT2D eigenvalue weighted by Gasteiger charge is 2.53. The van der Waals surface area contributed by atoms with Gasteiger partial charge in [0.15, 0.2) is 0 Å². The van der Waals surface area contributed by atoms with Crippen molar-refractivity contribution < 1.29 is 9.53 Å². The maximum absolute atomic E-state index is 13.3. The second kappa shape index (κ2) is 7.23. The molecular formula is C24H28N2O2. The SMILES string of the molecule is O=C(N1CCC(c2cccnc2)C1)C1(c2ccc(OC3CCCC3)cc2)CC1. The van der Waals surface area contributed by atoms with E-state index in [4.69, 9.17) is 4.74 Å². The molecule has 1 atom stereocenters. The van der Waals surface area contributed by atoms with Crippen LogP contribution < -0.4 is 4.74 Å². The van der Waals surface area contributed by atoms with E-state index < -0.39 is 0 Å². The lowest BCUT2D eigenvalue weighted by Crippen LogP contribution is -2.37. The van der Waals surface area contributed by atoms with Crippen LogP contribution >= 0.6 is 0 Å². The Morgan fingerprint density at radius 2 is 1.86 bits per heavy atom. The zero-order chi connectivity index (χ0) is 19.0. The van der Waals surface area contributed by atoms with E-state index >= 15 is 0 Å². The number of hydrogen-bond acceptors (Lipinski definition) is 3. The third-order valence-corrected chi connectivity index (χ3v) is 6.80. The van der Waals surface area contributed by atoms with E-state index in [1.165, 1.54) is 18.4 Å². The average molecular weight is 377 g/mol. The summed E-state index contributed by atoms with van der Waals surface area (Å²) in [7, 11) is 0. The monoisotopic (exact) mass is 376 g/mol. The quantitative estimate of drug-likeness (QED) is 0.774. The Balaban J connectivity index is 1.26. The Morgan fingerprint density at radius 3 is 2.54 bits per heavy atom. The number of benzene rings is 1. The van der Waals surface area contributed by atoms with Crippen LogP contribution in [0, 0.1) is 0 Å². The Kier molecular flexibility index (Phi) is 4.58. The molecule has 2 heterocycles. The predicted octanol–water partition coefficient (Wildman–Crippen LogP) is 4.45. The average Bonchev–Trinajstić information content (AvgIpc) is 3.14. The van der Waals surface area contributed by atoms with E-state index in [9.17, 15) is 4.79 Å². The molecule has 1 saturated heterocycles.